The summed E-state index contributed by atoms with van der Waals surface area (Å²) in [4.78, 5) is 43.1. The topological polar surface area (TPSA) is 102 Å². The van der Waals surface area contributed by atoms with Gasteiger partial charge in [0.05, 0.1) is 28.8 Å². The van der Waals surface area contributed by atoms with E-state index >= 15 is 0 Å². The molecule has 196 valence electrons. The summed E-state index contributed by atoms with van der Waals surface area (Å²) in [7, 11) is 0. The summed E-state index contributed by atoms with van der Waals surface area (Å²) < 4.78 is 7.24. The van der Waals surface area contributed by atoms with Crippen molar-refractivity contribution >= 4 is 34.8 Å². The molecule has 9 heteroatoms. The predicted octanol–water partition coefficient (Wildman–Crippen LogP) is 5.99. The van der Waals surface area contributed by atoms with Crippen LogP contribution in [0.25, 0.3) is 11.1 Å². The lowest BCUT2D eigenvalue weighted by Crippen LogP contribution is -2.34. The molecule has 1 fully saturated rings. The number of carbonyl (C=O) groups excluding carboxylic acids is 2. The first kappa shape index (κ1) is 27.7. The zero-order chi connectivity index (χ0) is 27.2. The first-order chi connectivity index (χ1) is 18.3. The van der Waals surface area contributed by atoms with Gasteiger partial charge in [-0.15, -0.1) is 0 Å². The van der Waals surface area contributed by atoms with Crippen molar-refractivity contribution in [3.63, 3.8) is 0 Å². The molecule has 4 rings (SSSR count). The summed E-state index contributed by atoms with van der Waals surface area (Å²) in [6.07, 6.45) is 6.27. The molecule has 1 aliphatic rings. The van der Waals surface area contributed by atoms with Crippen molar-refractivity contribution in [2.24, 2.45) is 0 Å². The van der Waals surface area contributed by atoms with E-state index in [2.05, 4.69) is 11.1 Å². The molecule has 0 spiro atoms. The average Bonchev–Trinajstić information content (AvgIpc) is 2.93. The number of Topliss-reactive ketones (excluding diaryl/α,β-unsaturated/α-hetero) is 2. The Hall–Kier alpha value is -3.31. The average molecular weight is 552 g/mol. The third kappa shape index (κ3) is 6.39. The molecule has 2 atom stereocenters. The number of pyridine rings is 2. The van der Waals surface area contributed by atoms with Crippen molar-refractivity contribution in [2.45, 2.75) is 57.6 Å². The maximum Gasteiger partial charge on any atom is 0.251 e. The Bertz CT molecular complexity index is 1440. The molecule has 38 heavy (non-hydrogen) atoms. The van der Waals surface area contributed by atoms with Gasteiger partial charge in [-0.25, -0.2) is 0 Å². The Kier molecular flexibility index (Phi) is 9.11. The monoisotopic (exact) mass is 551 g/mol. The lowest BCUT2D eigenvalue weighted by molar-refractivity contribution is -0.123. The predicted molar refractivity (Wildman–Crippen MR) is 146 cm³/mol. The van der Waals surface area contributed by atoms with E-state index in [1.54, 1.807) is 37.3 Å². The summed E-state index contributed by atoms with van der Waals surface area (Å²) in [5.74, 6) is -0.266. The van der Waals surface area contributed by atoms with Crippen molar-refractivity contribution in [3.8, 4) is 17.2 Å². The van der Waals surface area contributed by atoms with Crippen LogP contribution in [0.4, 0.5) is 0 Å². The molecule has 0 amide bonds. The molecule has 0 saturated carbocycles. The molecule has 2 aromatic heterocycles. The Morgan fingerprint density at radius 1 is 1.18 bits per heavy atom. The minimum Gasteiger partial charge on any atom is -0.378 e. The standard InChI is InChI=1S/C29H27Cl2N3O4/c1-2-27(35)25-9-6-18(16-33-25)11-28(36)26(13-21-5-3-4-10-38-21)34-17-24(31)23(14-29(34)37)22-12-20(30)8-7-19(22)15-32/h6-9,12,14,16-17,21,26H,2-5,10-11,13H2,1H3/t21-,26?/m0/s1. The molecule has 1 aromatic carbocycles. The van der Waals surface area contributed by atoms with Gasteiger partial charge < -0.3 is 9.30 Å². The van der Waals surface area contributed by atoms with Crippen molar-refractivity contribution < 1.29 is 14.3 Å². The van der Waals surface area contributed by atoms with Crippen LogP contribution in [0.5, 0.6) is 0 Å². The van der Waals surface area contributed by atoms with Crippen LogP contribution in [0.15, 0.2) is 53.6 Å². The maximum absolute atomic E-state index is 13.6. The van der Waals surface area contributed by atoms with Gasteiger partial charge in [-0.05, 0) is 49.1 Å². The zero-order valence-electron chi connectivity index (χ0n) is 21.0. The van der Waals surface area contributed by atoms with Crippen LogP contribution in [-0.2, 0) is 16.0 Å². The Labute approximate surface area is 231 Å². The molecule has 7 nitrogen and oxygen atoms in total. The van der Waals surface area contributed by atoms with Crippen LogP contribution in [0.1, 0.15) is 66.7 Å². The summed E-state index contributed by atoms with van der Waals surface area (Å²) in [6.45, 7) is 2.38. The normalized spacial score (nSPS) is 16.0. The van der Waals surface area contributed by atoms with Gasteiger partial charge in [0.1, 0.15) is 5.69 Å². The molecular formula is C29H27Cl2N3O4. The number of halogens is 2. The minimum absolute atomic E-state index is 0.0314. The van der Waals surface area contributed by atoms with Crippen molar-refractivity contribution in [2.75, 3.05) is 6.61 Å². The van der Waals surface area contributed by atoms with Gasteiger partial charge in [-0.2, -0.15) is 5.26 Å². The molecule has 0 aliphatic carbocycles. The second kappa shape index (κ2) is 12.5. The number of aromatic nitrogens is 2. The molecule has 3 heterocycles. The molecular weight excluding hydrogens is 525 g/mol. The van der Waals surface area contributed by atoms with Crippen LogP contribution in [0, 0.1) is 11.3 Å². The number of nitriles is 1. The first-order valence-electron chi connectivity index (χ1n) is 12.5. The van der Waals surface area contributed by atoms with Crippen molar-refractivity contribution in [1.29, 1.82) is 5.26 Å². The minimum atomic E-state index is -0.816. The van der Waals surface area contributed by atoms with Gasteiger partial charge in [0.25, 0.3) is 5.56 Å². The fourth-order valence-corrected chi connectivity index (χ4v) is 5.08. The van der Waals surface area contributed by atoms with Gasteiger partial charge in [-0.1, -0.05) is 36.2 Å². The summed E-state index contributed by atoms with van der Waals surface area (Å²) in [6, 6.07) is 10.7. The van der Waals surface area contributed by atoms with E-state index in [4.69, 9.17) is 27.9 Å². The molecule has 0 radical (unpaired) electrons. The van der Waals surface area contributed by atoms with Crippen molar-refractivity contribution in [1.82, 2.24) is 9.55 Å². The summed E-state index contributed by atoms with van der Waals surface area (Å²) >= 11 is 12.8. The van der Waals surface area contributed by atoms with Crippen LogP contribution in [0.2, 0.25) is 10.0 Å². The maximum atomic E-state index is 13.6. The van der Waals surface area contributed by atoms with E-state index in [1.165, 1.54) is 23.0 Å². The van der Waals surface area contributed by atoms with Crippen LogP contribution in [0.3, 0.4) is 0 Å². The van der Waals surface area contributed by atoms with Gasteiger partial charge >= 0.3 is 0 Å². The number of nitrogens with zero attached hydrogens (tertiary/aromatic N) is 3. The van der Waals surface area contributed by atoms with E-state index in [0.29, 0.717) is 52.4 Å². The molecule has 1 saturated heterocycles. The van der Waals surface area contributed by atoms with E-state index in [0.717, 1.165) is 19.3 Å². The molecule has 1 aliphatic heterocycles. The second-order valence-corrected chi connectivity index (χ2v) is 10.1. The SMILES string of the molecule is CCC(=O)c1ccc(CC(=O)C(C[C@@H]2CCCCO2)n2cc(Cl)c(-c3cc(Cl)ccc3C#N)cc2=O)cn1. The fourth-order valence-electron chi connectivity index (χ4n) is 4.65. The highest BCUT2D eigenvalue weighted by molar-refractivity contribution is 6.33. The molecule has 0 N–H and O–H groups in total. The highest BCUT2D eigenvalue weighted by Gasteiger charge is 2.28. The van der Waals surface area contributed by atoms with Crippen LogP contribution in [-0.4, -0.2) is 33.8 Å². The molecule has 3 aromatic rings. The Morgan fingerprint density at radius 2 is 2.00 bits per heavy atom. The summed E-state index contributed by atoms with van der Waals surface area (Å²) in [5.41, 5.74) is 1.71. The van der Waals surface area contributed by atoms with Crippen molar-refractivity contribution in [3.05, 3.63) is 86.0 Å². The van der Waals surface area contributed by atoms with E-state index < -0.39 is 11.6 Å². The van der Waals surface area contributed by atoms with Crippen LogP contribution >= 0.6 is 23.2 Å². The Morgan fingerprint density at radius 3 is 2.66 bits per heavy atom. The van der Waals surface area contributed by atoms with Gasteiger partial charge in [0, 0.05) is 60.5 Å². The van der Waals surface area contributed by atoms with E-state index in [-0.39, 0.29) is 29.1 Å². The number of hydrogen-bond acceptors (Lipinski definition) is 6. The summed E-state index contributed by atoms with van der Waals surface area (Å²) in [5, 5.41) is 10.2. The third-order valence-corrected chi connectivity index (χ3v) is 7.24. The second-order valence-electron chi connectivity index (χ2n) is 9.29. The van der Waals surface area contributed by atoms with Gasteiger partial charge in [0.2, 0.25) is 0 Å². The van der Waals surface area contributed by atoms with E-state index in [9.17, 15) is 19.6 Å². The third-order valence-electron chi connectivity index (χ3n) is 6.70. The van der Waals surface area contributed by atoms with Gasteiger partial charge in [0.15, 0.2) is 11.6 Å². The quantitative estimate of drug-likeness (QED) is 0.302. The van der Waals surface area contributed by atoms with Gasteiger partial charge in [-0.3, -0.25) is 19.4 Å². The number of ether oxygens (including phenoxy) is 1. The Balaban J connectivity index is 1.69. The zero-order valence-corrected chi connectivity index (χ0v) is 22.5. The largest absolute Gasteiger partial charge is 0.378 e. The smallest absolute Gasteiger partial charge is 0.251 e. The van der Waals surface area contributed by atoms with Crippen LogP contribution < -0.4 is 5.56 Å². The lowest BCUT2D eigenvalue weighted by Gasteiger charge is -2.28. The highest BCUT2D eigenvalue weighted by atomic mass is 35.5. The number of benzene rings is 1. The molecule has 0 bridgehead atoms. The number of carbonyl (C=O) groups is 2. The number of hydrogen-bond donors (Lipinski definition) is 0. The number of ketones is 2. The number of rotatable bonds is 9. The fraction of sp³-hybridized carbons (Fsp3) is 0.345. The lowest BCUT2D eigenvalue weighted by atomic mass is 9.95. The highest BCUT2D eigenvalue weighted by Crippen LogP contribution is 2.33. The first-order valence-corrected chi connectivity index (χ1v) is 13.3. The van der Waals surface area contributed by atoms with E-state index in [1.807, 2.05) is 0 Å². The molecule has 1 unspecified atom stereocenters.